The minimum Gasteiger partial charge on any atom is -1.00 e. The van der Waals surface area contributed by atoms with Gasteiger partial charge in [0.2, 0.25) is 0 Å². The quantitative estimate of drug-likeness (QED) is 0.569. The van der Waals surface area contributed by atoms with Crippen molar-refractivity contribution in [2.24, 2.45) is 0 Å². The molecule has 0 saturated heterocycles. The van der Waals surface area contributed by atoms with Crippen LogP contribution in [0.15, 0.2) is 24.3 Å². The Hall–Kier alpha value is -0.410. The molecule has 0 saturated carbocycles. The van der Waals surface area contributed by atoms with Crippen LogP contribution < -0.4 is 34.1 Å². The normalized spacial score (nSPS) is 11.5. The molecule has 0 fully saturated rings. The summed E-state index contributed by atoms with van der Waals surface area (Å²) in [6, 6.07) is 6.63. The number of carboxylic acids is 1. The van der Waals surface area contributed by atoms with Gasteiger partial charge < -0.3 is 11.1 Å². The molecule has 6 heteroatoms. The number of hydrogen-bond acceptors (Lipinski definition) is 3. The first kappa shape index (κ1) is 14.6. The van der Waals surface area contributed by atoms with Gasteiger partial charge in [0, 0.05) is 5.56 Å². The molecule has 15 heavy (non-hydrogen) atoms. The van der Waals surface area contributed by atoms with Crippen LogP contribution in [0.3, 0.4) is 0 Å². The SMILES string of the molecule is CC(C(=O)O)c1ccccc1OP=O.[H-].[Na+]. The number of carbonyl (C=O) groups is 1. The van der Waals surface area contributed by atoms with E-state index in [0.29, 0.717) is 11.3 Å². The zero-order valence-electron chi connectivity index (χ0n) is 9.51. The van der Waals surface area contributed by atoms with E-state index in [-0.39, 0.29) is 31.0 Å². The van der Waals surface area contributed by atoms with Crippen LogP contribution in [0.5, 0.6) is 5.75 Å². The summed E-state index contributed by atoms with van der Waals surface area (Å²) >= 11 is 0. The second kappa shape index (κ2) is 6.96. The minimum atomic E-state index is -0.941. The Labute approximate surface area is 113 Å². The van der Waals surface area contributed by atoms with Crippen molar-refractivity contribution >= 4 is 14.7 Å². The van der Waals surface area contributed by atoms with Gasteiger partial charge in [0.05, 0.1) is 5.92 Å². The molecule has 0 spiro atoms. The molecular weight excluding hydrogens is 226 g/mol. The summed E-state index contributed by atoms with van der Waals surface area (Å²) in [6.45, 7) is 1.55. The number of hydrogen-bond donors (Lipinski definition) is 1. The van der Waals surface area contributed by atoms with Crippen LogP contribution in [0.2, 0.25) is 0 Å². The van der Waals surface area contributed by atoms with Gasteiger partial charge in [-0.3, -0.25) is 4.79 Å². The van der Waals surface area contributed by atoms with Crippen molar-refractivity contribution in [2.75, 3.05) is 0 Å². The van der Waals surface area contributed by atoms with E-state index in [1.54, 1.807) is 31.2 Å². The standard InChI is InChI=1S/C9H9O4P.Na.H/c1-6(9(10)11)7-4-2-3-5-8(7)13-14-12;;/h2-6H,1H3,(H,10,11);;/q;+1;-1. The van der Waals surface area contributed by atoms with Gasteiger partial charge in [-0.25, -0.2) is 4.57 Å². The van der Waals surface area contributed by atoms with Gasteiger partial charge in [-0.05, 0) is 13.0 Å². The molecule has 1 aromatic carbocycles. The van der Waals surface area contributed by atoms with Crippen molar-refractivity contribution in [1.29, 1.82) is 0 Å². The second-order valence-corrected chi connectivity index (χ2v) is 3.10. The van der Waals surface area contributed by atoms with Gasteiger partial charge in [0.15, 0.2) is 0 Å². The third-order valence-electron chi connectivity index (χ3n) is 1.89. The van der Waals surface area contributed by atoms with Crippen LogP contribution in [0, 0.1) is 0 Å². The topological polar surface area (TPSA) is 63.6 Å². The van der Waals surface area contributed by atoms with E-state index < -0.39 is 20.6 Å². The third kappa shape index (κ3) is 3.92. The van der Waals surface area contributed by atoms with Crippen molar-refractivity contribution in [2.45, 2.75) is 12.8 Å². The van der Waals surface area contributed by atoms with Crippen LogP contribution in [0.1, 0.15) is 19.8 Å². The fourth-order valence-corrected chi connectivity index (χ4v) is 1.34. The van der Waals surface area contributed by atoms with Crippen LogP contribution in [0.4, 0.5) is 0 Å². The fraction of sp³-hybridized carbons (Fsp3) is 0.222. The molecule has 0 aromatic heterocycles. The summed E-state index contributed by atoms with van der Waals surface area (Å²) in [5.74, 6) is -1.28. The second-order valence-electron chi connectivity index (χ2n) is 2.76. The van der Waals surface area contributed by atoms with Gasteiger partial charge >= 0.3 is 44.2 Å². The van der Waals surface area contributed by atoms with E-state index in [1.807, 2.05) is 0 Å². The van der Waals surface area contributed by atoms with E-state index in [4.69, 9.17) is 9.63 Å². The Bertz CT molecular complexity index is 361. The maximum absolute atomic E-state index is 10.7. The van der Waals surface area contributed by atoms with Gasteiger partial charge in [0.25, 0.3) is 0 Å². The average Bonchev–Trinajstić information content (AvgIpc) is 2.18. The maximum atomic E-state index is 10.7. The molecular formula is C9H10NaO4P. The van der Waals surface area contributed by atoms with Crippen LogP contribution in [-0.2, 0) is 9.36 Å². The van der Waals surface area contributed by atoms with Crippen molar-refractivity contribution in [3.63, 3.8) is 0 Å². The molecule has 0 aliphatic heterocycles. The molecule has 0 bridgehead atoms. The number of aliphatic carboxylic acids is 1. The summed E-state index contributed by atoms with van der Waals surface area (Å²) in [4.78, 5) is 10.7. The predicted molar refractivity (Wildman–Crippen MR) is 51.8 cm³/mol. The fourth-order valence-electron chi connectivity index (χ4n) is 1.09. The van der Waals surface area contributed by atoms with Crippen molar-refractivity contribution in [3.8, 4) is 5.75 Å². The van der Waals surface area contributed by atoms with Crippen LogP contribution >= 0.6 is 8.69 Å². The Morgan fingerprint density at radius 2 is 2.13 bits per heavy atom. The molecule has 0 heterocycles. The number of carboxylic acid groups (broad SMARTS) is 1. The van der Waals surface area contributed by atoms with E-state index in [9.17, 15) is 9.36 Å². The molecule has 4 nitrogen and oxygen atoms in total. The van der Waals surface area contributed by atoms with E-state index in [1.165, 1.54) is 0 Å². The Balaban J connectivity index is 0. The van der Waals surface area contributed by atoms with E-state index >= 15 is 0 Å². The molecule has 1 aromatic rings. The number of para-hydroxylation sites is 1. The smallest absolute Gasteiger partial charge is 1.00 e. The largest absolute Gasteiger partial charge is 1.00 e. The molecule has 1 N–H and O–H groups in total. The summed E-state index contributed by atoms with van der Waals surface area (Å²) in [5, 5.41) is 8.79. The first-order chi connectivity index (χ1) is 6.66. The van der Waals surface area contributed by atoms with Gasteiger partial charge in [0.1, 0.15) is 5.75 Å². The Morgan fingerprint density at radius 3 is 2.67 bits per heavy atom. The molecule has 1 rings (SSSR count). The summed E-state index contributed by atoms with van der Waals surface area (Å²) in [6.07, 6.45) is 0. The van der Waals surface area contributed by atoms with E-state index in [0.717, 1.165) is 0 Å². The van der Waals surface area contributed by atoms with Crippen molar-refractivity contribution in [3.05, 3.63) is 29.8 Å². The van der Waals surface area contributed by atoms with Gasteiger partial charge in [-0.2, -0.15) is 0 Å². The molecule has 1 atom stereocenters. The minimum absolute atomic E-state index is 0. The average molecular weight is 236 g/mol. The zero-order valence-corrected chi connectivity index (χ0v) is 11.4. The Morgan fingerprint density at radius 1 is 1.53 bits per heavy atom. The third-order valence-corrected chi connectivity index (χ3v) is 2.16. The van der Waals surface area contributed by atoms with Crippen molar-refractivity contribution < 1.29 is 50.0 Å². The van der Waals surface area contributed by atoms with Crippen LogP contribution in [0.25, 0.3) is 0 Å². The molecule has 76 valence electrons. The molecule has 1 unspecified atom stereocenters. The molecule has 0 aliphatic rings. The monoisotopic (exact) mass is 236 g/mol. The maximum Gasteiger partial charge on any atom is 1.00 e. The first-order valence-electron chi connectivity index (χ1n) is 3.98. The molecule has 0 radical (unpaired) electrons. The summed E-state index contributed by atoms with van der Waals surface area (Å²) in [7, 11) is -0.485. The first-order valence-corrected chi connectivity index (χ1v) is 4.71. The predicted octanol–water partition coefficient (Wildman–Crippen LogP) is -0.423. The number of rotatable bonds is 4. The number of benzene rings is 1. The van der Waals surface area contributed by atoms with Crippen LogP contribution in [-0.4, -0.2) is 11.1 Å². The summed E-state index contributed by atoms with van der Waals surface area (Å²) in [5.41, 5.74) is 0.517. The zero-order chi connectivity index (χ0) is 10.6. The van der Waals surface area contributed by atoms with E-state index in [2.05, 4.69) is 0 Å². The Kier molecular flexibility index (Phi) is 6.77. The van der Waals surface area contributed by atoms with Gasteiger partial charge in [-0.1, -0.05) is 18.2 Å². The summed E-state index contributed by atoms with van der Waals surface area (Å²) < 4.78 is 15.0. The molecule has 0 amide bonds. The van der Waals surface area contributed by atoms with Gasteiger partial charge in [-0.15, -0.1) is 0 Å². The van der Waals surface area contributed by atoms with Crippen molar-refractivity contribution in [1.82, 2.24) is 0 Å². The molecule has 0 aliphatic carbocycles.